The molecule has 1 aliphatic heterocycles. The van der Waals surface area contributed by atoms with E-state index in [4.69, 9.17) is 14.2 Å². The van der Waals surface area contributed by atoms with Crippen LogP contribution in [0.25, 0.3) is 6.08 Å². The Morgan fingerprint density at radius 3 is 2.41 bits per heavy atom. The van der Waals surface area contributed by atoms with Crippen LogP contribution >= 0.6 is 0 Å². The lowest BCUT2D eigenvalue weighted by molar-refractivity contribution is -0.132. The van der Waals surface area contributed by atoms with Gasteiger partial charge in [-0.15, -0.1) is 0 Å². The third kappa shape index (κ3) is 4.68. The lowest BCUT2D eigenvalue weighted by atomic mass is 9.91. The molecular weight excluding hydrogens is 434 g/mol. The van der Waals surface area contributed by atoms with E-state index >= 15 is 0 Å². The van der Waals surface area contributed by atoms with Gasteiger partial charge in [0.2, 0.25) is 0 Å². The molecule has 0 aromatic heterocycles. The number of fused-ring (bicyclic) bond motifs is 1. The fourth-order valence-electron chi connectivity index (χ4n) is 3.91. The van der Waals surface area contributed by atoms with Gasteiger partial charge in [0.25, 0.3) is 0 Å². The molecule has 0 unspecified atom stereocenters. The molecule has 0 saturated heterocycles. The van der Waals surface area contributed by atoms with Crippen LogP contribution in [0.5, 0.6) is 11.5 Å². The maximum Gasteiger partial charge on any atom is 0.415 e. The summed E-state index contributed by atoms with van der Waals surface area (Å²) in [6, 6.07) is 20.7. The van der Waals surface area contributed by atoms with Crippen molar-refractivity contribution in [2.24, 2.45) is 0 Å². The van der Waals surface area contributed by atoms with Gasteiger partial charge in [-0.25, -0.2) is 4.79 Å². The van der Waals surface area contributed by atoms with E-state index in [0.29, 0.717) is 34.4 Å². The normalized spacial score (nSPS) is 14.5. The summed E-state index contributed by atoms with van der Waals surface area (Å²) in [7, 11) is 1.46. The van der Waals surface area contributed by atoms with Gasteiger partial charge in [0.1, 0.15) is 12.9 Å². The van der Waals surface area contributed by atoms with Gasteiger partial charge >= 0.3 is 12.1 Å². The molecule has 3 aromatic rings. The molecule has 7 nitrogen and oxygen atoms in total. The first-order valence-electron chi connectivity index (χ1n) is 10.6. The van der Waals surface area contributed by atoms with Crippen LogP contribution in [0.4, 0.5) is 10.5 Å². The predicted octanol–water partition coefficient (Wildman–Crippen LogP) is 5.10. The highest BCUT2D eigenvalue weighted by Crippen LogP contribution is 2.42. The SMILES string of the molecule is COc1ccc([C@@H]2C(C=O)=Cc3ccccc3N2C(=O)OCc2ccccc2)cc1OC(C)=O. The molecule has 4 rings (SSSR count). The molecular formula is C27H23NO6. The van der Waals surface area contributed by atoms with Crippen LogP contribution in [-0.4, -0.2) is 25.5 Å². The molecule has 0 spiro atoms. The van der Waals surface area contributed by atoms with Crippen LogP contribution in [0.1, 0.15) is 29.7 Å². The highest BCUT2D eigenvalue weighted by molar-refractivity contribution is 6.00. The molecule has 0 N–H and O–H groups in total. The van der Waals surface area contributed by atoms with E-state index in [9.17, 15) is 14.4 Å². The van der Waals surface area contributed by atoms with E-state index in [1.807, 2.05) is 48.5 Å². The Bertz CT molecular complexity index is 1250. The fraction of sp³-hybridized carbons (Fsp3) is 0.148. The van der Waals surface area contributed by atoms with Gasteiger partial charge < -0.3 is 14.2 Å². The number of carbonyl (C=O) groups excluding carboxylic acids is 3. The summed E-state index contributed by atoms with van der Waals surface area (Å²) in [6.07, 6.45) is 1.84. The number of ether oxygens (including phenoxy) is 3. The van der Waals surface area contributed by atoms with Gasteiger partial charge in [-0.2, -0.15) is 0 Å². The first-order valence-corrected chi connectivity index (χ1v) is 10.6. The molecule has 3 aromatic carbocycles. The van der Waals surface area contributed by atoms with Crippen LogP contribution in [0.3, 0.4) is 0 Å². The molecule has 0 fully saturated rings. The average molecular weight is 457 g/mol. The number of benzene rings is 3. The van der Waals surface area contributed by atoms with E-state index in [1.54, 1.807) is 30.3 Å². The van der Waals surface area contributed by atoms with Crippen LogP contribution < -0.4 is 14.4 Å². The Labute approximate surface area is 197 Å². The molecule has 0 aliphatic carbocycles. The average Bonchev–Trinajstić information content (AvgIpc) is 2.86. The number of para-hydroxylation sites is 1. The monoisotopic (exact) mass is 457 g/mol. The minimum atomic E-state index is -0.795. The Kier molecular flexibility index (Phi) is 6.73. The van der Waals surface area contributed by atoms with Crippen molar-refractivity contribution in [3.63, 3.8) is 0 Å². The predicted molar refractivity (Wildman–Crippen MR) is 127 cm³/mol. The largest absolute Gasteiger partial charge is 0.493 e. The second-order valence-corrected chi connectivity index (χ2v) is 7.64. The Balaban J connectivity index is 1.77. The molecule has 34 heavy (non-hydrogen) atoms. The summed E-state index contributed by atoms with van der Waals surface area (Å²) in [6.45, 7) is 1.36. The first-order chi connectivity index (χ1) is 16.5. The number of rotatable bonds is 6. The minimum absolute atomic E-state index is 0.0759. The molecule has 1 heterocycles. The number of aldehydes is 1. The molecule has 7 heteroatoms. The summed E-state index contributed by atoms with van der Waals surface area (Å²) in [5.74, 6) is 0.0222. The van der Waals surface area contributed by atoms with E-state index in [2.05, 4.69) is 0 Å². The van der Waals surface area contributed by atoms with Crippen molar-refractivity contribution in [3.8, 4) is 11.5 Å². The van der Waals surface area contributed by atoms with Gasteiger partial charge in [-0.1, -0.05) is 54.6 Å². The zero-order valence-corrected chi connectivity index (χ0v) is 18.8. The number of methoxy groups -OCH3 is 1. The lowest BCUT2D eigenvalue weighted by Gasteiger charge is -2.36. The first kappa shape index (κ1) is 22.8. The molecule has 0 bridgehead atoms. The van der Waals surface area contributed by atoms with Crippen molar-refractivity contribution in [1.29, 1.82) is 0 Å². The van der Waals surface area contributed by atoms with Crippen molar-refractivity contribution in [2.75, 3.05) is 12.0 Å². The Hall–Kier alpha value is -4.39. The number of hydrogen-bond acceptors (Lipinski definition) is 6. The van der Waals surface area contributed by atoms with E-state index in [1.165, 1.54) is 18.9 Å². The molecule has 0 saturated carbocycles. The quantitative estimate of drug-likeness (QED) is 0.291. The van der Waals surface area contributed by atoms with Crippen molar-refractivity contribution in [1.82, 2.24) is 0 Å². The summed E-state index contributed by atoms with van der Waals surface area (Å²) < 4.78 is 16.2. The standard InChI is InChI=1S/C27H23NO6/c1-18(30)34-25-15-21(12-13-24(25)32-2)26-22(16-29)14-20-10-6-7-11-23(20)28(26)27(31)33-17-19-8-4-3-5-9-19/h3-16,26H,17H2,1-2H3/t26-/m1/s1. The minimum Gasteiger partial charge on any atom is -0.493 e. The van der Waals surface area contributed by atoms with Gasteiger partial charge in [0.15, 0.2) is 11.5 Å². The second-order valence-electron chi connectivity index (χ2n) is 7.64. The van der Waals surface area contributed by atoms with Gasteiger partial charge in [-0.3, -0.25) is 14.5 Å². The molecule has 1 amide bonds. The Morgan fingerprint density at radius 1 is 0.971 bits per heavy atom. The van der Waals surface area contributed by atoms with Crippen LogP contribution in [0, 0.1) is 0 Å². The summed E-state index contributed by atoms with van der Waals surface area (Å²) in [5.41, 5.74) is 3.06. The maximum atomic E-state index is 13.4. The Morgan fingerprint density at radius 2 is 1.71 bits per heavy atom. The van der Waals surface area contributed by atoms with E-state index < -0.39 is 18.1 Å². The van der Waals surface area contributed by atoms with E-state index in [-0.39, 0.29) is 12.4 Å². The van der Waals surface area contributed by atoms with Crippen molar-refractivity contribution < 1.29 is 28.6 Å². The van der Waals surface area contributed by atoms with Gasteiger partial charge in [0.05, 0.1) is 18.8 Å². The summed E-state index contributed by atoms with van der Waals surface area (Å²) >= 11 is 0. The van der Waals surface area contributed by atoms with Crippen LogP contribution in [0.15, 0.2) is 78.4 Å². The van der Waals surface area contributed by atoms with Gasteiger partial charge in [-0.05, 0) is 41.0 Å². The zero-order chi connectivity index (χ0) is 24.1. The zero-order valence-electron chi connectivity index (χ0n) is 18.8. The number of esters is 1. The lowest BCUT2D eigenvalue weighted by Crippen LogP contribution is -2.39. The highest BCUT2D eigenvalue weighted by atomic mass is 16.6. The van der Waals surface area contributed by atoms with E-state index in [0.717, 1.165) is 5.56 Å². The number of carbonyl (C=O) groups is 3. The van der Waals surface area contributed by atoms with Gasteiger partial charge in [0, 0.05) is 12.5 Å². The number of nitrogens with zero attached hydrogens (tertiary/aromatic N) is 1. The summed E-state index contributed by atoms with van der Waals surface area (Å²) in [5, 5.41) is 0. The number of anilines is 1. The summed E-state index contributed by atoms with van der Waals surface area (Å²) in [4.78, 5) is 38.6. The third-order valence-corrected chi connectivity index (χ3v) is 5.39. The molecule has 0 radical (unpaired) electrons. The third-order valence-electron chi connectivity index (χ3n) is 5.39. The van der Waals surface area contributed by atoms with Crippen molar-refractivity contribution in [2.45, 2.75) is 19.6 Å². The maximum absolute atomic E-state index is 13.4. The van der Waals surface area contributed by atoms with Crippen molar-refractivity contribution in [3.05, 3.63) is 95.1 Å². The smallest absolute Gasteiger partial charge is 0.415 e. The molecule has 1 aliphatic rings. The van der Waals surface area contributed by atoms with Crippen molar-refractivity contribution >= 4 is 30.1 Å². The highest BCUT2D eigenvalue weighted by Gasteiger charge is 2.35. The topological polar surface area (TPSA) is 82.1 Å². The van der Waals surface area contributed by atoms with Crippen LogP contribution in [-0.2, 0) is 20.9 Å². The number of amides is 1. The van der Waals surface area contributed by atoms with Crippen LogP contribution in [0.2, 0.25) is 0 Å². The molecule has 1 atom stereocenters. The fourth-order valence-corrected chi connectivity index (χ4v) is 3.91. The second kappa shape index (κ2) is 10.0. The number of hydrogen-bond donors (Lipinski definition) is 0. The molecule has 172 valence electrons.